The van der Waals surface area contributed by atoms with Gasteiger partial charge >= 0.3 is 0 Å². The summed E-state index contributed by atoms with van der Waals surface area (Å²) in [4.78, 5) is 0. The van der Waals surface area contributed by atoms with E-state index in [0.29, 0.717) is 0 Å². The van der Waals surface area contributed by atoms with Gasteiger partial charge in [0.2, 0.25) is 0 Å². The van der Waals surface area contributed by atoms with Crippen LogP contribution in [0.2, 0.25) is 0 Å². The number of ether oxygens (including phenoxy) is 1. The van der Waals surface area contributed by atoms with Gasteiger partial charge in [-0.2, -0.15) is 0 Å². The number of rotatable bonds is 6. The van der Waals surface area contributed by atoms with Crippen molar-refractivity contribution in [1.29, 1.82) is 0 Å². The van der Waals surface area contributed by atoms with Gasteiger partial charge in [0.25, 0.3) is 0 Å². The first-order valence-corrected chi connectivity index (χ1v) is 5.98. The molecule has 0 radical (unpaired) electrons. The van der Waals surface area contributed by atoms with E-state index < -0.39 is 0 Å². The first-order valence-electron chi connectivity index (χ1n) is 5.98. The molecule has 0 amide bonds. The van der Waals surface area contributed by atoms with Crippen molar-refractivity contribution in [1.82, 2.24) is 0 Å². The minimum absolute atomic E-state index is 0.733. The maximum atomic E-state index is 5.73. The van der Waals surface area contributed by atoms with Gasteiger partial charge in [-0.3, -0.25) is 0 Å². The lowest BCUT2D eigenvalue weighted by atomic mass is 9.98. The van der Waals surface area contributed by atoms with Crippen LogP contribution in [0.4, 0.5) is 0 Å². The third kappa shape index (κ3) is 3.94. The molecule has 1 atom stereocenters. The van der Waals surface area contributed by atoms with Gasteiger partial charge in [0.05, 0.1) is 6.61 Å². The zero-order chi connectivity index (χ0) is 11.1. The van der Waals surface area contributed by atoms with Crippen LogP contribution in [0.15, 0.2) is 24.3 Å². The smallest absolute Gasteiger partial charge is 0.122 e. The summed E-state index contributed by atoms with van der Waals surface area (Å²) < 4.78 is 5.73. The van der Waals surface area contributed by atoms with Crippen molar-refractivity contribution in [2.75, 3.05) is 6.61 Å². The zero-order valence-corrected chi connectivity index (χ0v) is 10.1. The fourth-order valence-electron chi connectivity index (χ4n) is 1.55. The van der Waals surface area contributed by atoms with Crippen LogP contribution in [-0.2, 0) is 6.42 Å². The summed E-state index contributed by atoms with van der Waals surface area (Å²) in [6.07, 6.45) is 3.41. The van der Waals surface area contributed by atoms with Crippen molar-refractivity contribution in [3.8, 4) is 5.75 Å². The Kier molecular flexibility index (Phi) is 5.23. The van der Waals surface area contributed by atoms with Crippen LogP contribution in [-0.4, -0.2) is 6.61 Å². The molecule has 0 saturated heterocycles. The molecule has 0 aliphatic rings. The topological polar surface area (TPSA) is 9.23 Å². The second-order valence-corrected chi connectivity index (χ2v) is 4.17. The van der Waals surface area contributed by atoms with E-state index in [0.717, 1.165) is 31.1 Å². The monoisotopic (exact) mass is 206 g/mol. The van der Waals surface area contributed by atoms with Gasteiger partial charge in [0, 0.05) is 0 Å². The Morgan fingerprint density at radius 3 is 2.60 bits per heavy atom. The molecule has 0 N–H and O–H groups in total. The highest BCUT2D eigenvalue weighted by atomic mass is 16.5. The molecule has 1 aromatic carbocycles. The molecule has 0 spiro atoms. The van der Waals surface area contributed by atoms with Crippen molar-refractivity contribution >= 4 is 0 Å². The molecular weight excluding hydrogens is 184 g/mol. The molecule has 0 aliphatic carbocycles. The number of hydrogen-bond donors (Lipinski definition) is 0. The second-order valence-electron chi connectivity index (χ2n) is 4.17. The van der Waals surface area contributed by atoms with Crippen molar-refractivity contribution in [3.63, 3.8) is 0 Å². The number of benzene rings is 1. The summed E-state index contributed by atoms with van der Waals surface area (Å²) in [6, 6.07) is 8.39. The van der Waals surface area contributed by atoms with E-state index in [1.54, 1.807) is 0 Å². The molecule has 1 heteroatoms. The Morgan fingerprint density at radius 2 is 1.93 bits per heavy atom. The van der Waals surface area contributed by atoms with Crippen LogP contribution in [0.25, 0.3) is 0 Å². The predicted octanol–water partition coefficient (Wildman–Crippen LogP) is 4.06. The van der Waals surface area contributed by atoms with E-state index in [1.165, 1.54) is 12.0 Å². The Morgan fingerprint density at radius 1 is 1.20 bits per heavy atom. The Bertz CT molecular complexity index is 280. The van der Waals surface area contributed by atoms with Crippen molar-refractivity contribution < 1.29 is 4.74 Å². The molecule has 0 aromatic heterocycles. The molecule has 1 unspecified atom stereocenters. The summed E-state index contributed by atoms with van der Waals surface area (Å²) in [7, 11) is 0. The lowest BCUT2D eigenvalue weighted by Crippen LogP contribution is -2.02. The lowest BCUT2D eigenvalue weighted by Gasteiger charge is -2.13. The van der Waals surface area contributed by atoms with Crippen LogP contribution < -0.4 is 4.74 Å². The van der Waals surface area contributed by atoms with Gasteiger partial charge in [0.15, 0.2) is 0 Å². The lowest BCUT2D eigenvalue weighted by molar-refractivity contribution is 0.312. The highest BCUT2D eigenvalue weighted by molar-refractivity contribution is 5.33. The van der Waals surface area contributed by atoms with Gasteiger partial charge < -0.3 is 4.74 Å². The van der Waals surface area contributed by atoms with Gasteiger partial charge in [-0.15, -0.1) is 0 Å². The van der Waals surface area contributed by atoms with Crippen LogP contribution in [0, 0.1) is 5.92 Å². The molecule has 15 heavy (non-hydrogen) atoms. The molecule has 84 valence electrons. The van der Waals surface area contributed by atoms with Crippen LogP contribution in [0.5, 0.6) is 5.75 Å². The molecule has 0 aliphatic heterocycles. The Hall–Kier alpha value is -0.980. The first kappa shape index (κ1) is 12.1. The largest absolute Gasteiger partial charge is 0.493 e. The van der Waals surface area contributed by atoms with E-state index in [2.05, 4.69) is 39.0 Å². The highest BCUT2D eigenvalue weighted by Crippen LogP contribution is 2.22. The van der Waals surface area contributed by atoms with E-state index in [4.69, 9.17) is 4.74 Å². The number of para-hydroxylation sites is 1. The van der Waals surface area contributed by atoms with E-state index in [-0.39, 0.29) is 0 Å². The molecule has 1 rings (SSSR count). The minimum atomic E-state index is 0.733. The van der Waals surface area contributed by atoms with Gasteiger partial charge in [-0.25, -0.2) is 0 Å². The summed E-state index contributed by atoms with van der Waals surface area (Å²) in [6.45, 7) is 7.48. The van der Waals surface area contributed by atoms with Gasteiger partial charge in [0.1, 0.15) is 5.75 Å². The SMILES string of the molecule is CCCOc1ccccc1CC(C)CC. The highest BCUT2D eigenvalue weighted by Gasteiger charge is 2.06. The average Bonchev–Trinajstić information content (AvgIpc) is 2.28. The van der Waals surface area contributed by atoms with E-state index in [9.17, 15) is 0 Å². The molecule has 0 fully saturated rings. The molecule has 1 nitrogen and oxygen atoms in total. The quantitative estimate of drug-likeness (QED) is 0.682. The van der Waals surface area contributed by atoms with Crippen molar-refractivity contribution in [2.45, 2.75) is 40.0 Å². The molecule has 0 saturated carbocycles. The van der Waals surface area contributed by atoms with Crippen LogP contribution in [0.1, 0.15) is 39.2 Å². The third-order valence-electron chi connectivity index (χ3n) is 2.70. The number of hydrogen-bond acceptors (Lipinski definition) is 1. The molecular formula is C14H22O. The second kappa shape index (κ2) is 6.49. The Balaban J connectivity index is 2.67. The van der Waals surface area contributed by atoms with Crippen molar-refractivity contribution in [3.05, 3.63) is 29.8 Å². The average molecular weight is 206 g/mol. The summed E-state index contributed by atoms with van der Waals surface area (Å²) >= 11 is 0. The minimum Gasteiger partial charge on any atom is -0.493 e. The summed E-state index contributed by atoms with van der Waals surface area (Å²) in [5, 5.41) is 0. The Labute approximate surface area is 93.5 Å². The standard InChI is InChI=1S/C14H22O/c1-4-10-15-14-9-7-6-8-13(14)11-12(3)5-2/h6-9,12H,4-5,10-11H2,1-3H3. The summed E-state index contributed by atoms with van der Waals surface area (Å²) in [5.41, 5.74) is 1.35. The first-order chi connectivity index (χ1) is 7.27. The fraction of sp³-hybridized carbons (Fsp3) is 0.571. The predicted molar refractivity (Wildman–Crippen MR) is 65.4 cm³/mol. The maximum Gasteiger partial charge on any atom is 0.122 e. The normalized spacial score (nSPS) is 12.5. The van der Waals surface area contributed by atoms with Crippen LogP contribution in [0.3, 0.4) is 0 Å². The van der Waals surface area contributed by atoms with Gasteiger partial charge in [-0.05, 0) is 30.4 Å². The maximum absolute atomic E-state index is 5.73. The third-order valence-corrected chi connectivity index (χ3v) is 2.70. The molecule has 0 bridgehead atoms. The summed E-state index contributed by atoms with van der Waals surface area (Å²) in [5.74, 6) is 1.80. The fourth-order valence-corrected chi connectivity index (χ4v) is 1.55. The van der Waals surface area contributed by atoms with Gasteiger partial charge in [-0.1, -0.05) is 45.4 Å². The van der Waals surface area contributed by atoms with Crippen molar-refractivity contribution in [2.24, 2.45) is 5.92 Å². The van der Waals surface area contributed by atoms with E-state index >= 15 is 0 Å². The van der Waals surface area contributed by atoms with Crippen LogP contribution >= 0.6 is 0 Å². The van der Waals surface area contributed by atoms with E-state index in [1.807, 2.05) is 6.07 Å². The molecule has 1 aromatic rings. The zero-order valence-electron chi connectivity index (χ0n) is 10.1. The molecule has 0 heterocycles.